The van der Waals surface area contributed by atoms with Crippen LogP contribution in [0.3, 0.4) is 0 Å². The highest BCUT2D eigenvalue weighted by Gasteiger charge is 1.90. The molecule has 2 nitrogen and oxygen atoms in total. The number of allylic oxidation sites excluding steroid dienone is 3. The van der Waals surface area contributed by atoms with Crippen LogP contribution in [0, 0.1) is 0 Å². The topological polar surface area (TPSA) is 37.3 Å². The monoisotopic (exact) mass is 154 g/mol. The fourth-order valence-corrected chi connectivity index (χ4v) is 0.727. The van der Waals surface area contributed by atoms with Gasteiger partial charge in [0, 0.05) is 6.08 Å². The predicted octanol–water partition coefficient (Wildman–Crippen LogP) is 2.37. The molecule has 0 aliphatic heterocycles. The van der Waals surface area contributed by atoms with Crippen molar-refractivity contribution in [2.75, 3.05) is 0 Å². The van der Waals surface area contributed by atoms with Crippen molar-refractivity contribution in [2.24, 2.45) is 0 Å². The van der Waals surface area contributed by atoms with Gasteiger partial charge in [0.1, 0.15) is 0 Å². The summed E-state index contributed by atoms with van der Waals surface area (Å²) in [5.74, 6) is -0.886. The van der Waals surface area contributed by atoms with Crippen molar-refractivity contribution < 1.29 is 9.90 Å². The summed E-state index contributed by atoms with van der Waals surface area (Å²) in [5, 5.41) is 8.36. The van der Waals surface area contributed by atoms with Crippen LogP contribution in [0.25, 0.3) is 0 Å². The van der Waals surface area contributed by atoms with Crippen molar-refractivity contribution in [3.8, 4) is 0 Å². The second kappa shape index (κ2) is 4.72. The number of aliphatic carboxylic acids is 1. The zero-order chi connectivity index (χ0) is 8.85. The van der Waals surface area contributed by atoms with Crippen LogP contribution in [0.4, 0.5) is 0 Å². The van der Waals surface area contributed by atoms with E-state index in [1.807, 2.05) is 19.9 Å². The molecule has 0 aromatic heterocycles. The first-order valence-electron chi connectivity index (χ1n) is 3.64. The van der Waals surface area contributed by atoms with Crippen molar-refractivity contribution in [3.05, 3.63) is 23.3 Å². The van der Waals surface area contributed by atoms with Gasteiger partial charge in [0.05, 0.1) is 0 Å². The van der Waals surface area contributed by atoms with Crippen LogP contribution in [0.1, 0.15) is 27.2 Å². The summed E-state index contributed by atoms with van der Waals surface area (Å²) in [7, 11) is 0. The third-order valence-electron chi connectivity index (χ3n) is 1.38. The first-order valence-corrected chi connectivity index (χ1v) is 3.64. The molecule has 0 saturated heterocycles. The lowest BCUT2D eigenvalue weighted by Gasteiger charge is -1.94. The molecule has 1 N–H and O–H groups in total. The molecule has 0 aromatic carbocycles. The van der Waals surface area contributed by atoms with Gasteiger partial charge in [0.15, 0.2) is 0 Å². The number of hydrogen-bond acceptors (Lipinski definition) is 1. The van der Waals surface area contributed by atoms with Gasteiger partial charge in [-0.2, -0.15) is 0 Å². The molecule has 0 radical (unpaired) electrons. The van der Waals surface area contributed by atoms with E-state index < -0.39 is 5.97 Å². The van der Waals surface area contributed by atoms with Crippen LogP contribution >= 0.6 is 0 Å². The number of carboxylic acids is 1. The Labute approximate surface area is 67.2 Å². The van der Waals surface area contributed by atoms with Gasteiger partial charge in [-0.25, -0.2) is 4.79 Å². The zero-order valence-corrected chi connectivity index (χ0v) is 7.22. The van der Waals surface area contributed by atoms with E-state index in [1.165, 1.54) is 11.6 Å². The molecule has 0 spiro atoms. The molecule has 0 unspecified atom stereocenters. The Morgan fingerprint density at radius 3 is 2.27 bits per heavy atom. The van der Waals surface area contributed by atoms with E-state index in [1.54, 1.807) is 6.92 Å². The van der Waals surface area contributed by atoms with E-state index >= 15 is 0 Å². The lowest BCUT2D eigenvalue weighted by atomic mass is 10.1. The Morgan fingerprint density at radius 1 is 1.36 bits per heavy atom. The summed E-state index contributed by atoms with van der Waals surface area (Å²) in [6, 6.07) is 0. The second-order valence-electron chi connectivity index (χ2n) is 2.57. The molecular weight excluding hydrogens is 140 g/mol. The van der Waals surface area contributed by atoms with Crippen LogP contribution in [-0.2, 0) is 4.79 Å². The van der Waals surface area contributed by atoms with Crippen molar-refractivity contribution in [2.45, 2.75) is 27.2 Å². The summed E-state index contributed by atoms with van der Waals surface area (Å²) < 4.78 is 0. The summed E-state index contributed by atoms with van der Waals surface area (Å²) in [6.07, 6.45) is 4.05. The van der Waals surface area contributed by atoms with E-state index in [0.29, 0.717) is 0 Å². The average molecular weight is 154 g/mol. The van der Waals surface area contributed by atoms with Gasteiger partial charge in [-0.15, -0.1) is 0 Å². The average Bonchev–Trinajstić information content (AvgIpc) is 1.85. The molecule has 0 aliphatic carbocycles. The number of carboxylic acid groups (broad SMARTS) is 1. The van der Waals surface area contributed by atoms with Gasteiger partial charge < -0.3 is 5.11 Å². The highest BCUT2D eigenvalue weighted by molar-refractivity contribution is 5.81. The first-order chi connectivity index (χ1) is 5.06. The summed E-state index contributed by atoms with van der Waals surface area (Å²) in [4.78, 5) is 10.2. The fourth-order valence-electron chi connectivity index (χ4n) is 0.727. The van der Waals surface area contributed by atoms with Gasteiger partial charge >= 0.3 is 5.97 Å². The van der Waals surface area contributed by atoms with E-state index in [9.17, 15) is 4.79 Å². The lowest BCUT2D eigenvalue weighted by molar-refractivity contribution is -0.131. The quantitative estimate of drug-likeness (QED) is 0.500. The van der Waals surface area contributed by atoms with Crippen molar-refractivity contribution in [1.29, 1.82) is 0 Å². The normalized spacial score (nSPS) is 13.4. The van der Waals surface area contributed by atoms with Crippen LogP contribution in [0.15, 0.2) is 23.3 Å². The SMILES string of the molecule is CC/C(C)=C/C(C)=C\C(=O)O. The van der Waals surface area contributed by atoms with Gasteiger partial charge in [-0.1, -0.05) is 18.6 Å². The minimum Gasteiger partial charge on any atom is -0.478 e. The molecule has 0 bridgehead atoms. The third-order valence-corrected chi connectivity index (χ3v) is 1.38. The number of hydrogen-bond donors (Lipinski definition) is 1. The van der Waals surface area contributed by atoms with Gasteiger partial charge in [-0.3, -0.25) is 0 Å². The van der Waals surface area contributed by atoms with Crippen molar-refractivity contribution >= 4 is 5.97 Å². The Balaban J connectivity index is 4.26. The maximum Gasteiger partial charge on any atom is 0.328 e. The molecule has 0 aromatic rings. The molecule has 0 fully saturated rings. The van der Waals surface area contributed by atoms with Crippen LogP contribution in [0.2, 0.25) is 0 Å². The molecule has 11 heavy (non-hydrogen) atoms. The van der Waals surface area contributed by atoms with Gasteiger partial charge in [0.25, 0.3) is 0 Å². The molecule has 0 rings (SSSR count). The molecule has 0 heterocycles. The zero-order valence-electron chi connectivity index (χ0n) is 7.22. The van der Waals surface area contributed by atoms with E-state index in [2.05, 4.69) is 0 Å². The molecule has 0 saturated carbocycles. The highest BCUT2D eigenvalue weighted by atomic mass is 16.4. The van der Waals surface area contributed by atoms with Crippen LogP contribution in [0.5, 0.6) is 0 Å². The first kappa shape index (κ1) is 9.95. The largest absolute Gasteiger partial charge is 0.478 e. The predicted molar refractivity (Wildman–Crippen MR) is 45.4 cm³/mol. The maximum atomic E-state index is 10.2. The van der Waals surface area contributed by atoms with Crippen molar-refractivity contribution in [3.63, 3.8) is 0 Å². The standard InChI is InChI=1S/C9H14O2/c1-4-7(2)5-8(3)6-9(10)11/h5-6H,4H2,1-3H3,(H,10,11)/b7-5+,8-6-. The smallest absolute Gasteiger partial charge is 0.328 e. The molecule has 2 heteroatoms. The third kappa shape index (κ3) is 5.40. The molecule has 0 aliphatic rings. The lowest BCUT2D eigenvalue weighted by Crippen LogP contribution is -1.88. The van der Waals surface area contributed by atoms with E-state index in [0.717, 1.165) is 12.0 Å². The van der Waals surface area contributed by atoms with Gasteiger partial charge in [0.2, 0.25) is 0 Å². The molecule has 0 amide bonds. The van der Waals surface area contributed by atoms with Gasteiger partial charge in [-0.05, 0) is 25.8 Å². The fraction of sp³-hybridized carbons (Fsp3) is 0.444. The Bertz CT molecular complexity index is 200. The Morgan fingerprint density at radius 2 is 1.91 bits per heavy atom. The molecule has 62 valence electrons. The Kier molecular flexibility index (Phi) is 4.27. The minimum absolute atomic E-state index is 0.789. The van der Waals surface area contributed by atoms with E-state index in [4.69, 9.17) is 5.11 Å². The number of rotatable bonds is 3. The molecule has 0 atom stereocenters. The summed E-state index contributed by atoms with van der Waals surface area (Å²) in [5.41, 5.74) is 1.98. The highest BCUT2D eigenvalue weighted by Crippen LogP contribution is 2.04. The van der Waals surface area contributed by atoms with Crippen LogP contribution < -0.4 is 0 Å². The summed E-state index contributed by atoms with van der Waals surface area (Å²) in [6.45, 7) is 5.81. The molecular formula is C9H14O2. The summed E-state index contributed by atoms with van der Waals surface area (Å²) >= 11 is 0. The Hall–Kier alpha value is -1.05. The van der Waals surface area contributed by atoms with Crippen molar-refractivity contribution in [1.82, 2.24) is 0 Å². The van der Waals surface area contributed by atoms with Crippen LogP contribution in [-0.4, -0.2) is 11.1 Å². The maximum absolute atomic E-state index is 10.2. The number of carbonyl (C=O) groups is 1. The minimum atomic E-state index is -0.886. The second-order valence-corrected chi connectivity index (χ2v) is 2.57. The van der Waals surface area contributed by atoms with E-state index in [-0.39, 0.29) is 0 Å².